The first kappa shape index (κ1) is 20.5. The van der Waals surface area contributed by atoms with Crippen molar-refractivity contribution >= 4 is 33.9 Å². The Balaban J connectivity index is 1.42. The van der Waals surface area contributed by atoms with Crippen LogP contribution in [0.5, 0.6) is 0 Å². The third-order valence-electron chi connectivity index (χ3n) is 5.81. The van der Waals surface area contributed by atoms with Gasteiger partial charge in [0.15, 0.2) is 0 Å². The number of nitrogens with zero attached hydrogens (tertiary/aromatic N) is 1. The van der Waals surface area contributed by atoms with Crippen LogP contribution in [-0.2, 0) is 16.0 Å². The van der Waals surface area contributed by atoms with Crippen molar-refractivity contribution in [2.24, 2.45) is 0 Å². The molecule has 2 aromatic carbocycles. The van der Waals surface area contributed by atoms with E-state index in [0.717, 1.165) is 23.5 Å². The van der Waals surface area contributed by atoms with Crippen molar-refractivity contribution in [2.75, 3.05) is 0 Å². The van der Waals surface area contributed by atoms with Crippen molar-refractivity contribution in [2.45, 2.75) is 57.5 Å². The summed E-state index contributed by atoms with van der Waals surface area (Å²) in [5.74, 6) is 0.0669. The number of carbonyl (C=O) groups is 2. The van der Waals surface area contributed by atoms with Gasteiger partial charge in [-0.1, -0.05) is 42.5 Å². The zero-order valence-corrected chi connectivity index (χ0v) is 18.2. The largest absolute Gasteiger partial charge is 0.350 e. The Kier molecular flexibility index (Phi) is 5.86. The van der Waals surface area contributed by atoms with Gasteiger partial charge in [0.05, 0.1) is 6.04 Å². The van der Waals surface area contributed by atoms with E-state index in [2.05, 4.69) is 45.9 Å². The Hall–Kier alpha value is -2.73. The average molecular weight is 422 g/mol. The molecule has 6 heteroatoms. The average Bonchev–Trinajstić information content (AvgIpc) is 3.32. The summed E-state index contributed by atoms with van der Waals surface area (Å²) in [6, 6.07) is 14.6. The minimum atomic E-state index is -0.363. The van der Waals surface area contributed by atoms with Crippen LogP contribution in [0.15, 0.2) is 47.8 Å². The molecule has 156 valence electrons. The number of fused-ring (bicyclic) bond motifs is 1. The Morgan fingerprint density at radius 1 is 1.27 bits per heavy atom. The van der Waals surface area contributed by atoms with Gasteiger partial charge in [0.2, 0.25) is 11.8 Å². The topological polar surface area (TPSA) is 71.1 Å². The summed E-state index contributed by atoms with van der Waals surface area (Å²) in [6.07, 6.45) is 3.01. The second-order valence-corrected chi connectivity index (χ2v) is 9.19. The van der Waals surface area contributed by atoms with Crippen LogP contribution >= 0.6 is 11.3 Å². The normalized spacial score (nSPS) is 19.6. The number of carbonyl (C=O) groups excluding carboxylic acids is 2. The summed E-state index contributed by atoms with van der Waals surface area (Å²) in [5.41, 5.74) is 1.79. The van der Waals surface area contributed by atoms with Crippen LogP contribution in [0.4, 0.5) is 0 Å². The van der Waals surface area contributed by atoms with E-state index in [1.54, 1.807) is 11.3 Å². The number of amides is 2. The molecule has 30 heavy (non-hydrogen) atoms. The Bertz CT molecular complexity index is 1080. The smallest absolute Gasteiger partial charge is 0.220 e. The van der Waals surface area contributed by atoms with E-state index in [-0.39, 0.29) is 23.4 Å². The van der Waals surface area contributed by atoms with E-state index in [1.165, 1.54) is 16.3 Å². The highest BCUT2D eigenvalue weighted by Gasteiger charge is 2.38. The molecule has 3 aromatic rings. The van der Waals surface area contributed by atoms with Crippen LogP contribution in [0, 0.1) is 6.92 Å². The summed E-state index contributed by atoms with van der Waals surface area (Å²) in [5, 5.41) is 11.5. The molecule has 0 bridgehead atoms. The number of thiazole rings is 1. The van der Waals surface area contributed by atoms with E-state index in [4.69, 9.17) is 0 Å². The van der Waals surface area contributed by atoms with Gasteiger partial charge in [-0.05, 0) is 49.4 Å². The molecule has 0 saturated carbocycles. The lowest BCUT2D eigenvalue weighted by Gasteiger charge is -2.29. The zero-order chi connectivity index (χ0) is 21.1. The second kappa shape index (κ2) is 8.56. The lowest BCUT2D eigenvalue weighted by Crippen LogP contribution is -2.44. The number of rotatable bonds is 7. The molecule has 2 amide bonds. The molecule has 4 rings (SSSR count). The Morgan fingerprint density at radius 3 is 2.77 bits per heavy atom. The van der Waals surface area contributed by atoms with Gasteiger partial charge in [-0.25, -0.2) is 4.98 Å². The molecule has 1 aliphatic rings. The van der Waals surface area contributed by atoms with Crippen molar-refractivity contribution < 1.29 is 9.59 Å². The monoisotopic (exact) mass is 421 g/mol. The van der Waals surface area contributed by atoms with Crippen LogP contribution in [0.25, 0.3) is 10.8 Å². The van der Waals surface area contributed by atoms with Gasteiger partial charge >= 0.3 is 0 Å². The maximum atomic E-state index is 12.6. The molecule has 0 radical (unpaired) electrons. The number of nitrogens with one attached hydrogen (secondary N) is 2. The summed E-state index contributed by atoms with van der Waals surface area (Å²) in [7, 11) is 0. The first-order valence-electron chi connectivity index (χ1n) is 10.4. The van der Waals surface area contributed by atoms with Crippen LogP contribution in [0.3, 0.4) is 0 Å². The third-order valence-corrected chi connectivity index (χ3v) is 6.95. The zero-order valence-electron chi connectivity index (χ0n) is 17.4. The molecule has 1 saturated heterocycles. The van der Waals surface area contributed by atoms with Gasteiger partial charge in [-0.15, -0.1) is 11.3 Å². The lowest BCUT2D eigenvalue weighted by atomic mass is 9.84. The highest BCUT2D eigenvalue weighted by Crippen LogP contribution is 2.31. The maximum Gasteiger partial charge on any atom is 0.220 e. The van der Waals surface area contributed by atoms with Crippen molar-refractivity contribution in [1.29, 1.82) is 0 Å². The molecular weight excluding hydrogens is 394 g/mol. The summed E-state index contributed by atoms with van der Waals surface area (Å²) in [4.78, 5) is 29.1. The number of hydrogen-bond acceptors (Lipinski definition) is 4. The minimum absolute atomic E-state index is 0.00520. The van der Waals surface area contributed by atoms with Gasteiger partial charge < -0.3 is 10.6 Å². The highest BCUT2D eigenvalue weighted by molar-refractivity contribution is 7.09. The van der Waals surface area contributed by atoms with E-state index >= 15 is 0 Å². The van der Waals surface area contributed by atoms with E-state index in [9.17, 15) is 9.59 Å². The molecule has 1 fully saturated rings. The van der Waals surface area contributed by atoms with Gasteiger partial charge in [0, 0.05) is 29.5 Å². The fourth-order valence-corrected chi connectivity index (χ4v) is 5.02. The first-order chi connectivity index (χ1) is 14.4. The molecule has 2 heterocycles. The SMILES string of the molecule is Cc1csc(C(C)NC(=O)CCC2(Cc3ccc4ccccc4c3)CCC(=O)N2)n1. The third kappa shape index (κ3) is 4.70. The minimum Gasteiger partial charge on any atom is -0.350 e. The predicted molar refractivity (Wildman–Crippen MR) is 120 cm³/mol. The van der Waals surface area contributed by atoms with Crippen molar-refractivity contribution in [3.63, 3.8) is 0 Å². The van der Waals surface area contributed by atoms with Crippen molar-refractivity contribution in [3.05, 3.63) is 64.1 Å². The number of aryl methyl sites for hydroxylation is 1. The number of benzene rings is 2. The second-order valence-electron chi connectivity index (χ2n) is 8.30. The Labute approximate surface area is 180 Å². The lowest BCUT2D eigenvalue weighted by molar-refractivity contribution is -0.123. The fourth-order valence-electron chi connectivity index (χ4n) is 4.22. The van der Waals surface area contributed by atoms with Crippen LogP contribution < -0.4 is 10.6 Å². The predicted octanol–water partition coefficient (Wildman–Crippen LogP) is 4.45. The number of aromatic nitrogens is 1. The van der Waals surface area contributed by atoms with Gasteiger partial charge in [-0.3, -0.25) is 9.59 Å². The molecule has 2 unspecified atom stereocenters. The van der Waals surface area contributed by atoms with Crippen molar-refractivity contribution in [3.8, 4) is 0 Å². The summed E-state index contributed by atoms with van der Waals surface area (Å²) in [6.45, 7) is 3.91. The van der Waals surface area contributed by atoms with Gasteiger partial charge in [-0.2, -0.15) is 0 Å². The molecule has 5 nitrogen and oxygen atoms in total. The molecule has 1 aromatic heterocycles. The van der Waals surface area contributed by atoms with E-state index in [0.29, 0.717) is 19.3 Å². The van der Waals surface area contributed by atoms with E-state index in [1.807, 2.05) is 31.4 Å². The van der Waals surface area contributed by atoms with Crippen LogP contribution in [0.1, 0.15) is 54.9 Å². The molecule has 0 spiro atoms. The molecule has 2 N–H and O–H groups in total. The van der Waals surface area contributed by atoms with Crippen LogP contribution in [-0.4, -0.2) is 22.3 Å². The number of hydrogen-bond donors (Lipinski definition) is 2. The summed E-state index contributed by atoms with van der Waals surface area (Å²) < 4.78 is 0. The highest BCUT2D eigenvalue weighted by atomic mass is 32.1. The van der Waals surface area contributed by atoms with Crippen molar-refractivity contribution in [1.82, 2.24) is 15.6 Å². The molecule has 2 atom stereocenters. The quantitative estimate of drug-likeness (QED) is 0.592. The molecule has 1 aliphatic heterocycles. The molecule has 0 aliphatic carbocycles. The Morgan fingerprint density at radius 2 is 2.07 bits per heavy atom. The van der Waals surface area contributed by atoms with Crippen LogP contribution in [0.2, 0.25) is 0 Å². The van der Waals surface area contributed by atoms with Gasteiger partial charge in [0.1, 0.15) is 5.01 Å². The van der Waals surface area contributed by atoms with E-state index < -0.39 is 0 Å². The summed E-state index contributed by atoms with van der Waals surface area (Å²) >= 11 is 1.56. The fraction of sp³-hybridized carbons (Fsp3) is 0.375. The van der Waals surface area contributed by atoms with Gasteiger partial charge in [0.25, 0.3) is 0 Å². The maximum absolute atomic E-state index is 12.6. The molecular formula is C24H27N3O2S. The first-order valence-corrected chi connectivity index (χ1v) is 11.3. The standard InChI is InChI=1S/C24H27N3O2S/c1-16-15-30-23(25-16)17(2)26-21(28)9-11-24(12-10-22(29)27-24)14-18-7-8-19-5-3-4-6-20(19)13-18/h3-8,13,15,17H,9-12,14H2,1-2H3,(H,26,28)(H,27,29).